The molecule has 2 aromatic carbocycles. The number of hydrogen-bond donors (Lipinski definition) is 2. The zero-order valence-electron chi connectivity index (χ0n) is 15.9. The molecule has 0 spiro atoms. The molecule has 3 aromatic rings. The Morgan fingerprint density at radius 2 is 1.86 bits per heavy atom. The molecular formula is C21H24Cl2N4OS. The number of aromatic nitrogens is 1. The van der Waals surface area contributed by atoms with E-state index in [0.717, 1.165) is 47.1 Å². The van der Waals surface area contributed by atoms with E-state index >= 15 is 0 Å². The monoisotopic (exact) mass is 450 g/mol. The van der Waals surface area contributed by atoms with E-state index in [1.165, 1.54) is 24.0 Å². The topological polar surface area (TPSA) is 57.3 Å². The molecule has 2 aliphatic heterocycles. The van der Waals surface area contributed by atoms with Crippen molar-refractivity contribution < 1.29 is 4.79 Å². The Morgan fingerprint density at radius 3 is 2.66 bits per heavy atom. The fourth-order valence-corrected chi connectivity index (χ4v) is 4.96. The van der Waals surface area contributed by atoms with E-state index in [9.17, 15) is 4.79 Å². The third-order valence-corrected chi connectivity index (χ3v) is 6.50. The molecule has 1 amide bonds. The van der Waals surface area contributed by atoms with Gasteiger partial charge in [-0.3, -0.25) is 4.79 Å². The highest BCUT2D eigenvalue weighted by atomic mass is 35.5. The van der Waals surface area contributed by atoms with Crippen LogP contribution in [0.15, 0.2) is 42.5 Å². The number of carbonyl (C=O) groups is 1. The minimum atomic E-state index is -0.197. The summed E-state index contributed by atoms with van der Waals surface area (Å²) in [5.41, 5.74) is 4.38. The van der Waals surface area contributed by atoms with E-state index in [1.807, 2.05) is 30.3 Å². The molecule has 5 rings (SSSR count). The van der Waals surface area contributed by atoms with Crippen molar-refractivity contribution >= 4 is 63.1 Å². The van der Waals surface area contributed by atoms with E-state index in [-0.39, 0.29) is 36.8 Å². The van der Waals surface area contributed by atoms with Gasteiger partial charge in [0.1, 0.15) is 0 Å². The number of nitrogens with zero attached hydrogens (tertiary/aromatic N) is 2. The Balaban J connectivity index is 0.00000120. The van der Waals surface area contributed by atoms with Gasteiger partial charge in [0.15, 0.2) is 5.13 Å². The molecule has 1 atom stereocenters. The second-order valence-electron chi connectivity index (χ2n) is 7.27. The zero-order valence-corrected chi connectivity index (χ0v) is 18.3. The molecule has 154 valence electrons. The van der Waals surface area contributed by atoms with Gasteiger partial charge in [-0.1, -0.05) is 35.6 Å². The molecule has 2 aliphatic rings. The third kappa shape index (κ3) is 4.51. The summed E-state index contributed by atoms with van der Waals surface area (Å²) in [7, 11) is 0. The first-order chi connectivity index (χ1) is 13.3. The van der Waals surface area contributed by atoms with Crippen LogP contribution in [-0.2, 0) is 17.8 Å². The number of hydrogen-bond acceptors (Lipinski definition) is 5. The lowest BCUT2D eigenvalue weighted by molar-refractivity contribution is -0.118. The molecule has 1 fully saturated rings. The summed E-state index contributed by atoms with van der Waals surface area (Å²) < 4.78 is 1.12. The smallest absolute Gasteiger partial charge is 0.241 e. The molecule has 0 radical (unpaired) electrons. The highest BCUT2D eigenvalue weighted by Crippen LogP contribution is 2.32. The van der Waals surface area contributed by atoms with Crippen LogP contribution in [0, 0.1) is 0 Å². The lowest BCUT2D eigenvalue weighted by Crippen LogP contribution is -2.44. The summed E-state index contributed by atoms with van der Waals surface area (Å²) in [6.45, 7) is 2.93. The maximum absolute atomic E-state index is 12.7. The fourth-order valence-electron chi connectivity index (χ4n) is 3.90. The highest BCUT2D eigenvalue weighted by Gasteiger charge is 2.24. The summed E-state index contributed by atoms with van der Waals surface area (Å²) in [5.74, 6) is 0.0214. The molecule has 5 nitrogen and oxygen atoms in total. The average Bonchev–Trinajstić information content (AvgIpc) is 3.36. The number of halogens is 2. The van der Waals surface area contributed by atoms with Gasteiger partial charge >= 0.3 is 0 Å². The molecule has 8 heteroatoms. The van der Waals surface area contributed by atoms with E-state index in [2.05, 4.69) is 27.7 Å². The van der Waals surface area contributed by atoms with Crippen LogP contribution in [0.1, 0.15) is 24.0 Å². The first-order valence-corrected chi connectivity index (χ1v) is 10.3. The largest absolute Gasteiger partial charge is 0.348 e. The summed E-state index contributed by atoms with van der Waals surface area (Å²) in [6.07, 6.45) is 3.22. The van der Waals surface area contributed by atoms with Crippen molar-refractivity contribution in [2.24, 2.45) is 0 Å². The second kappa shape index (κ2) is 9.30. The van der Waals surface area contributed by atoms with Crippen LogP contribution < -0.4 is 15.5 Å². The number of fused-ring (bicyclic) bond motifs is 2. The Hall–Kier alpha value is -1.86. The van der Waals surface area contributed by atoms with Gasteiger partial charge in [-0.05, 0) is 48.6 Å². The van der Waals surface area contributed by atoms with Crippen molar-refractivity contribution in [1.29, 1.82) is 0 Å². The molecular weight excluding hydrogens is 427 g/mol. The Labute approximate surface area is 186 Å². The molecule has 1 saturated heterocycles. The SMILES string of the molecule is Cl.Cl.O=C(Nc1ccc2nc(N3CCCC3)sc2c1)C1Cc2ccccc2CN1. The van der Waals surface area contributed by atoms with Gasteiger partial charge < -0.3 is 15.5 Å². The Kier molecular flexibility index (Phi) is 7.01. The van der Waals surface area contributed by atoms with Crippen molar-refractivity contribution in [3.8, 4) is 0 Å². The number of anilines is 2. The molecule has 1 aromatic heterocycles. The first kappa shape index (κ1) is 21.8. The minimum absolute atomic E-state index is 0. The van der Waals surface area contributed by atoms with Gasteiger partial charge in [0.05, 0.1) is 16.3 Å². The molecule has 0 bridgehead atoms. The predicted octanol–water partition coefficient (Wildman–Crippen LogP) is 4.39. The van der Waals surface area contributed by atoms with Gasteiger partial charge in [0, 0.05) is 25.3 Å². The lowest BCUT2D eigenvalue weighted by atomic mass is 9.95. The normalized spacial score (nSPS) is 17.9. The molecule has 2 N–H and O–H groups in total. The summed E-state index contributed by atoms with van der Waals surface area (Å²) in [4.78, 5) is 19.8. The third-order valence-electron chi connectivity index (χ3n) is 5.42. The van der Waals surface area contributed by atoms with Crippen molar-refractivity contribution in [1.82, 2.24) is 10.3 Å². The average molecular weight is 451 g/mol. The van der Waals surface area contributed by atoms with Crippen LogP contribution in [0.25, 0.3) is 10.2 Å². The molecule has 0 saturated carbocycles. The van der Waals surface area contributed by atoms with Gasteiger partial charge in [0.2, 0.25) is 5.91 Å². The van der Waals surface area contributed by atoms with Crippen molar-refractivity contribution in [2.45, 2.75) is 31.8 Å². The summed E-state index contributed by atoms with van der Waals surface area (Å²) in [5, 5.41) is 7.52. The number of nitrogens with one attached hydrogen (secondary N) is 2. The van der Waals surface area contributed by atoms with Crippen LogP contribution in [-0.4, -0.2) is 30.0 Å². The van der Waals surface area contributed by atoms with E-state index in [1.54, 1.807) is 11.3 Å². The van der Waals surface area contributed by atoms with Crippen LogP contribution in [0.4, 0.5) is 10.8 Å². The maximum atomic E-state index is 12.7. The minimum Gasteiger partial charge on any atom is -0.348 e. The first-order valence-electron chi connectivity index (χ1n) is 9.53. The van der Waals surface area contributed by atoms with Crippen molar-refractivity contribution in [3.05, 3.63) is 53.6 Å². The lowest BCUT2D eigenvalue weighted by Gasteiger charge is -2.25. The second-order valence-corrected chi connectivity index (χ2v) is 8.28. The zero-order chi connectivity index (χ0) is 18.2. The van der Waals surface area contributed by atoms with E-state index in [4.69, 9.17) is 4.98 Å². The number of rotatable bonds is 3. The van der Waals surface area contributed by atoms with Gasteiger partial charge in [-0.15, -0.1) is 24.8 Å². The van der Waals surface area contributed by atoms with Gasteiger partial charge in [-0.25, -0.2) is 4.98 Å². The number of carbonyl (C=O) groups excluding carboxylic acids is 1. The number of thiazole rings is 1. The van der Waals surface area contributed by atoms with E-state index < -0.39 is 0 Å². The maximum Gasteiger partial charge on any atom is 0.241 e. The highest BCUT2D eigenvalue weighted by molar-refractivity contribution is 7.22. The standard InChI is InChI=1S/C21H22N4OS.2ClH/c26-20(18-11-14-5-1-2-6-15(14)13-22-18)23-16-7-8-17-19(12-16)27-21(24-17)25-9-3-4-10-25;;/h1-2,5-8,12,18,22H,3-4,9-11,13H2,(H,23,26);2*1H. The van der Waals surface area contributed by atoms with Crippen molar-refractivity contribution in [2.75, 3.05) is 23.3 Å². The molecule has 0 aliphatic carbocycles. The van der Waals surface area contributed by atoms with Crippen molar-refractivity contribution in [3.63, 3.8) is 0 Å². The quantitative estimate of drug-likeness (QED) is 0.620. The van der Waals surface area contributed by atoms with Crippen LogP contribution in [0.5, 0.6) is 0 Å². The summed E-state index contributed by atoms with van der Waals surface area (Å²) >= 11 is 1.71. The van der Waals surface area contributed by atoms with Gasteiger partial charge in [0.25, 0.3) is 0 Å². The number of amides is 1. The van der Waals surface area contributed by atoms with Gasteiger partial charge in [-0.2, -0.15) is 0 Å². The number of benzene rings is 2. The van der Waals surface area contributed by atoms with Crippen LogP contribution >= 0.6 is 36.2 Å². The summed E-state index contributed by atoms with van der Waals surface area (Å²) in [6, 6.07) is 14.1. The molecule has 3 heterocycles. The Bertz CT molecular complexity index is 1000. The Morgan fingerprint density at radius 1 is 1.10 bits per heavy atom. The van der Waals surface area contributed by atoms with E-state index in [0.29, 0.717) is 0 Å². The molecule has 29 heavy (non-hydrogen) atoms. The predicted molar refractivity (Wildman–Crippen MR) is 125 cm³/mol. The molecule has 1 unspecified atom stereocenters. The van der Waals surface area contributed by atoms with Crippen LogP contribution in [0.3, 0.4) is 0 Å². The fraction of sp³-hybridized carbons (Fsp3) is 0.333. The van der Waals surface area contributed by atoms with Crippen LogP contribution in [0.2, 0.25) is 0 Å².